The van der Waals surface area contributed by atoms with Crippen molar-refractivity contribution in [2.75, 3.05) is 36.9 Å². The van der Waals surface area contributed by atoms with Gasteiger partial charge in [0.1, 0.15) is 5.82 Å². The predicted octanol–water partition coefficient (Wildman–Crippen LogP) is 3.32. The molecule has 7 nitrogen and oxygen atoms in total. The van der Waals surface area contributed by atoms with Gasteiger partial charge in [-0.2, -0.15) is 4.98 Å². The zero-order chi connectivity index (χ0) is 19.5. The molecular formula is C19H25ClN6O. The van der Waals surface area contributed by atoms with Crippen molar-refractivity contribution in [1.82, 2.24) is 15.3 Å². The van der Waals surface area contributed by atoms with E-state index < -0.39 is 0 Å². The van der Waals surface area contributed by atoms with E-state index in [9.17, 15) is 0 Å². The standard InChI is InChI=1S/C19H25ClN6O/c1-3-16(15-6-5-14(20)13-17(15)21-2)22-8-4-9-23-18-7-10-24-19(26-18)25-11-12-27/h3,5-7,10,13,22,27H,2,4,8-9,11-12H2,1H3,(H2,23,24,25,26)/b16-3+. The lowest BCUT2D eigenvalue weighted by molar-refractivity contribution is 0.311. The van der Waals surface area contributed by atoms with Crippen LogP contribution in [0.1, 0.15) is 18.9 Å². The highest BCUT2D eigenvalue weighted by Crippen LogP contribution is 2.28. The second-order valence-corrected chi connectivity index (χ2v) is 6.08. The molecule has 0 atom stereocenters. The second kappa shape index (κ2) is 11.2. The van der Waals surface area contributed by atoms with Crippen LogP contribution in [-0.4, -0.2) is 48.0 Å². The van der Waals surface area contributed by atoms with Gasteiger partial charge >= 0.3 is 0 Å². The molecule has 4 N–H and O–H groups in total. The van der Waals surface area contributed by atoms with Gasteiger partial charge in [-0.15, -0.1) is 0 Å². The molecule has 0 unspecified atom stereocenters. The van der Waals surface area contributed by atoms with Crippen molar-refractivity contribution in [3.05, 3.63) is 47.1 Å². The Hall–Kier alpha value is -2.64. The Morgan fingerprint density at radius 2 is 2.11 bits per heavy atom. The lowest BCUT2D eigenvalue weighted by atomic mass is 10.1. The van der Waals surface area contributed by atoms with Crippen molar-refractivity contribution in [1.29, 1.82) is 0 Å². The van der Waals surface area contributed by atoms with Crippen LogP contribution in [0.4, 0.5) is 17.5 Å². The molecule has 0 aliphatic carbocycles. The average molecular weight is 389 g/mol. The number of hydrogen-bond acceptors (Lipinski definition) is 7. The van der Waals surface area contributed by atoms with E-state index in [2.05, 4.69) is 37.6 Å². The van der Waals surface area contributed by atoms with Crippen LogP contribution in [0.15, 0.2) is 41.5 Å². The van der Waals surface area contributed by atoms with Gasteiger partial charge in [0.15, 0.2) is 0 Å². The minimum absolute atomic E-state index is 0.0384. The molecule has 0 spiro atoms. The Kier molecular flexibility index (Phi) is 8.54. The minimum Gasteiger partial charge on any atom is -0.395 e. The Bertz CT molecular complexity index is 781. The van der Waals surface area contributed by atoms with Gasteiger partial charge in [0.2, 0.25) is 5.95 Å². The van der Waals surface area contributed by atoms with E-state index in [-0.39, 0.29) is 6.61 Å². The number of aliphatic hydroxyl groups is 1. The first-order valence-electron chi connectivity index (χ1n) is 8.76. The number of aliphatic hydroxyl groups excluding tert-OH is 1. The predicted molar refractivity (Wildman–Crippen MR) is 113 cm³/mol. The first-order valence-corrected chi connectivity index (χ1v) is 9.14. The molecule has 0 saturated heterocycles. The van der Waals surface area contributed by atoms with Crippen molar-refractivity contribution < 1.29 is 5.11 Å². The molecule has 0 amide bonds. The van der Waals surface area contributed by atoms with E-state index in [4.69, 9.17) is 16.7 Å². The molecule has 8 heteroatoms. The van der Waals surface area contributed by atoms with E-state index in [0.717, 1.165) is 42.3 Å². The van der Waals surface area contributed by atoms with Crippen LogP contribution in [-0.2, 0) is 0 Å². The molecular weight excluding hydrogens is 364 g/mol. The Labute approximate surface area is 164 Å². The number of halogens is 1. The second-order valence-electron chi connectivity index (χ2n) is 5.64. The normalized spacial score (nSPS) is 11.1. The summed E-state index contributed by atoms with van der Waals surface area (Å²) in [6, 6.07) is 7.39. The molecule has 2 aromatic rings. The number of benzene rings is 1. The Morgan fingerprint density at radius 3 is 2.85 bits per heavy atom. The maximum Gasteiger partial charge on any atom is 0.224 e. The number of allylic oxidation sites excluding steroid dienone is 1. The van der Waals surface area contributed by atoms with Crippen LogP contribution in [0, 0.1) is 0 Å². The first-order chi connectivity index (χ1) is 13.2. The molecule has 0 radical (unpaired) electrons. The summed E-state index contributed by atoms with van der Waals surface area (Å²) < 4.78 is 0. The quantitative estimate of drug-likeness (QED) is 0.348. The summed E-state index contributed by atoms with van der Waals surface area (Å²) in [5, 5.41) is 19.1. The number of aliphatic imine (C=N–C) groups is 1. The molecule has 1 heterocycles. The fraction of sp³-hybridized carbons (Fsp3) is 0.316. The third kappa shape index (κ3) is 6.54. The topological polar surface area (TPSA) is 94.5 Å². The average Bonchev–Trinajstić information content (AvgIpc) is 2.69. The number of hydrogen-bond donors (Lipinski definition) is 4. The van der Waals surface area contributed by atoms with Gasteiger partial charge in [-0.25, -0.2) is 4.98 Å². The monoisotopic (exact) mass is 388 g/mol. The molecule has 144 valence electrons. The van der Waals surface area contributed by atoms with Gasteiger partial charge in [0, 0.05) is 42.1 Å². The van der Waals surface area contributed by atoms with Gasteiger partial charge in [0.25, 0.3) is 0 Å². The number of nitrogens with one attached hydrogen (secondary N) is 3. The molecule has 1 aromatic carbocycles. The molecule has 0 aliphatic rings. The van der Waals surface area contributed by atoms with Crippen LogP contribution in [0.3, 0.4) is 0 Å². The van der Waals surface area contributed by atoms with Crippen molar-refractivity contribution >= 4 is 41.5 Å². The van der Waals surface area contributed by atoms with Gasteiger partial charge in [-0.05, 0) is 44.3 Å². The zero-order valence-corrected chi connectivity index (χ0v) is 16.1. The molecule has 0 fully saturated rings. The highest BCUT2D eigenvalue weighted by molar-refractivity contribution is 6.30. The largest absolute Gasteiger partial charge is 0.395 e. The highest BCUT2D eigenvalue weighted by atomic mass is 35.5. The van der Waals surface area contributed by atoms with Crippen LogP contribution in [0.2, 0.25) is 5.02 Å². The van der Waals surface area contributed by atoms with Gasteiger partial charge in [0.05, 0.1) is 12.3 Å². The van der Waals surface area contributed by atoms with E-state index >= 15 is 0 Å². The minimum atomic E-state index is 0.0384. The third-order valence-electron chi connectivity index (χ3n) is 3.73. The maximum atomic E-state index is 8.83. The summed E-state index contributed by atoms with van der Waals surface area (Å²) in [6.45, 7) is 7.59. The van der Waals surface area contributed by atoms with E-state index in [1.165, 1.54) is 0 Å². The Balaban J connectivity index is 1.81. The number of anilines is 2. The van der Waals surface area contributed by atoms with Gasteiger partial charge in [-0.3, -0.25) is 4.99 Å². The summed E-state index contributed by atoms with van der Waals surface area (Å²) in [5.74, 6) is 1.24. The molecule has 0 bridgehead atoms. The lowest BCUT2D eigenvalue weighted by Gasteiger charge is -2.14. The lowest BCUT2D eigenvalue weighted by Crippen LogP contribution is -2.17. The Morgan fingerprint density at radius 1 is 1.26 bits per heavy atom. The number of nitrogens with zero attached hydrogens (tertiary/aromatic N) is 3. The molecule has 0 aliphatic heterocycles. The van der Waals surface area contributed by atoms with E-state index in [0.29, 0.717) is 17.5 Å². The fourth-order valence-electron chi connectivity index (χ4n) is 2.45. The molecule has 2 rings (SSSR count). The highest BCUT2D eigenvalue weighted by Gasteiger charge is 2.07. The summed E-state index contributed by atoms with van der Waals surface area (Å²) >= 11 is 6.02. The van der Waals surface area contributed by atoms with Crippen molar-refractivity contribution in [3.8, 4) is 0 Å². The van der Waals surface area contributed by atoms with E-state index in [1.54, 1.807) is 12.3 Å². The van der Waals surface area contributed by atoms with Crippen LogP contribution in [0.5, 0.6) is 0 Å². The first kappa shape index (κ1) is 20.7. The smallest absolute Gasteiger partial charge is 0.224 e. The van der Waals surface area contributed by atoms with Crippen molar-refractivity contribution in [2.24, 2.45) is 4.99 Å². The van der Waals surface area contributed by atoms with Crippen LogP contribution in [0.25, 0.3) is 5.70 Å². The third-order valence-corrected chi connectivity index (χ3v) is 3.97. The summed E-state index contributed by atoms with van der Waals surface area (Å²) in [4.78, 5) is 12.5. The summed E-state index contributed by atoms with van der Waals surface area (Å²) in [7, 11) is 0. The summed E-state index contributed by atoms with van der Waals surface area (Å²) in [5.41, 5.74) is 2.72. The molecule has 1 aromatic heterocycles. The number of rotatable bonds is 11. The maximum absolute atomic E-state index is 8.83. The fourth-order valence-corrected chi connectivity index (χ4v) is 2.62. The zero-order valence-electron chi connectivity index (χ0n) is 15.4. The van der Waals surface area contributed by atoms with E-state index in [1.807, 2.05) is 31.2 Å². The van der Waals surface area contributed by atoms with Crippen LogP contribution < -0.4 is 16.0 Å². The van der Waals surface area contributed by atoms with Gasteiger partial charge < -0.3 is 21.1 Å². The molecule has 0 saturated carbocycles. The van der Waals surface area contributed by atoms with Crippen molar-refractivity contribution in [2.45, 2.75) is 13.3 Å². The van der Waals surface area contributed by atoms with Crippen molar-refractivity contribution in [3.63, 3.8) is 0 Å². The SMILES string of the molecule is C=Nc1cc(Cl)ccc1/C(=C\C)NCCCNc1ccnc(NCCO)n1. The van der Waals surface area contributed by atoms with Crippen LogP contribution >= 0.6 is 11.6 Å². The number of aromatic nitrogens is 2. The van der Waals surface area contributed by atoms with Gasteiger partial charge in [-0.1, -0.05) is 17.7 Å². The molecule has 27 heavy (non-hydrogen) atoms. The summed E-state index contributed by atoms with van der Waals surface area (Å²) in [6.07, 6.45) is 4.58.